The predicted octanol–water partition coefficient (Wildman–Crippen LogP) is 4.95. The lowest BCUT2D eigenvalue weighted by atomic mass is 9.86. The summed E-state index contributed by atoms with van der Waals surface area (Å²) in [6, 6.07) is 12.5. The van der Waals surface area contributed by atoms with Crippen molar-refractivity contribution in [2.24, 2.45) is 0 Å². The second-order valence-electron chi connectivity index (χ2n) is 10.2. The number of aromatic nitrogens is 2. The average molecular weight is 494 g/mol. The molecule has 0 radical (unpaired) electrons. The number of hydrogen-bond acceptors (Lipinski definition) is 5. The number of ether oxygens (including phenoxy) is 1. The van der Waals surface area contributed by atoms with Gasteiger partial charge in [-0.1, -0.05) is 24.3 Å². The number of piperidine rings is 1. The second kappa shape index (κ2) is 10.1. The number of rotatable bonds is 5. The number of alkyl halides is 1. The number of piperazine rings is 1. The Morgan fingerprint density at radius 2 is 1.83 bits per heavy atom. The van der Waals surface area contributed by atoms with Crippen LogP contribution in [0.3, 0.4) is 0 Å². The molecule has 3 aromatic rings. The number of halogens is 1. The van der Waals surface area contributed by atoms with Crippen LogP contribution in [0.5, 0.6) is 0 Å². The van der Waals surface area contributed by atoms with E-state index in [0.717, 1.165) is 53.9 Å². The van der Waals surface area contributed by atoms with Gasteiger partial charge in [-0.15, -0.1) is 0 Å². The van der Waals surface area contributed by atoms with Crippen LogP contribution < -0.4 is 4.90 Å². The van der Waals surface area contributed by atoms with Crippen molar-refractivity contribution in [1.82, 2.24) is 19.4 Å². The van der Waals surface area contributed by atoms with E-state index in [9.17, 15) is 4.79 Å². The molecule has 0 bridgehead atoms. The molecule has 192 valence electrons. The molecule has 0 N–H and O–H groups in total. The van der Waals surface area contributed by atoms with Crippen LogP contribution in [0.2, 0.25) is 0 Å². The lowest BCUT2D eigenvalue weighted by molar-refractivity contribution is 0.0269. The summed E-state index contributed by atoms with van der Waals surface area (Å²) in [6.45, 7) is 10.6. The maximum Gasteiger partial charge on any atom is 0.409 e. The van der Waals surface area contributed by atoms with Gasteiger partial charge in [0.05, 0.1) is 17.8 Å². The fourth-order valence-electron chi connectivity index (χ4n) is 5.45. The van der Waals surface area contributed by atoms with Crippen molar-refractivity contribution >= 4 is 17.3 Å². The first-order valence-corrected chi connectivity index (χ1v) is 13.1. The van der Waals surface area contributed by atoms with E-state index in [-0.39, 0.29) is 6.09 Å². The molecule has 2 aliphatic heterocycles. The minimum atomic E-state index is -1.30. The molecule has 2 aromatic heterocycles. The van der Waals surface area contributed by atoms with Gasteiger partial charge >= 0.3 is 6.09 Å². The molecule has 0 aliphatic carbocycles. The lowest BCUT2D eigenvalue weighted by Crippen LogP contribution is -2.49. The Balaban J connectivity index is 1.34. The van der Waals surface area contributed by atoms with Gasteiger partial charge in [0.25, 0.3) is 0 Å². The Hall–Kier alpha value is -3.13. The monoisotopic (exact) mass is 493 g/mol. The second-order valence-corrected chi connectivity index (χ2v) is 10.2. The van der Waals surface area contributed by atoms with E-state index in [1.165, 1.54) is 0 Å². The van der Waals surface area contributed by atoms with Crippen LogP contribution >= 0.6 is 0 Å². The zero-order valence-electron chi connectivity index (χ0n) is 21.5. The fraction of sp³-hybridized carbons (Fsp3) is 0.500. The smallest absolute Gasteiger partial charge is 0.409 e. The van der Waals surface area contributed by atoms with Crippen LogP contribution in [-0.4, -0.2) is 77.4 Å². The van der Waals surface area contributed by atoms with Gasteiger partial charge in [-0.3, -0.25) is 4.90 Å². The third-order valence-corrected chi connectivity index (χ3v) is 7.57. The topological polar surface area (TPSA) is 53.3 Å². The van der Waals surface area contributed by atoms with Crippen LogP contribution in [0, 0.1) is 0 Å². The van der Waals surface area contributed by atoms with Crippen molar-refractivity contribution < 1.29 is 13.9 Å². The van der Waals surface area contributed by atoms with Crippen molar-refractivity contribution in [2.45, 2.75) is 45.3 Å². The van der Waals surface area contributed by atoms with Gasteiger partial charge in [0.15, 0.2) is 0 Å². The largest absolute Gasteiger partial charge is 0.450 e. The molecule has 2 saturated heterocycles. The summed E-state index contributed by atoms with van der Waals surface area (Å²) in [5.41, 5.74) is 3.67. The van der Waals surface area contributed by atoms with E-state index in [0.29, 0.717) is 38.7 Å². The van der Waals surface area contributed by atoms with Crippen molar-refractivity contribution in [3.8, 4) is 11.1 Å². The number of likely N-dealkylation sites (tertiary alicyclic amines) is 1. The number of anilines is 1. The van der Waals surface area contributed by atoms with E-state index >= 15 is 4.39 Å². The summed E-state index contributed by atoms with van der Waals surface area (Å²) in [6.07, 6.45) is 5.04. The van der Waals surface area contributed by atoms with Crippen LogP contribution in [0.1, 0.15) is 39.2 Å². The minimum absolute atomic E-state index is 0.245. The van der Waals surface area contributed by atoms with E-state index in [1.54, 1.807) is 4.90 Å². The zero-order valence-corrected chi connectivity index (χ0v) is 21.5. The Kier molecular flexibility index (Phi) is 6.88. The number of hydrogen-bond donors (Lipinski definition) is 0. The predicted molar refractivity (Wildman–Crippen MR) is 140 cm³/mol. The number of carbonyl (C=O) groups is 1. The molecule has 1 amide bonds. The average Bonchev–Trinajstić information content (AvgIpc) is 3.34. The molecule has 0 spiro atoms. The number of benzene rings is 1. The highest BCUT2D eigenvalue weighted by Crippen LogP contribution is 2.37. The highest BCUT2D eigenvalue weighted by Gasteiger charge is 2.37. The highest BCUT2D eigenvalue weighted by atomic mass is 19.1. The summed E-state index contributed by atoms with van der Waals surface area (Å²) in [7, 11) is 0. The van der Waals surface area contributed by atoms with Gasteiger partial charge in [-0.05, 0) is 63.4 Å². The molecular formula is C28H36FN5O2. The van der Waals surface area contributed by atoms with Crippen LogP contribution in [0.25, 0.3) is 16.6 Å². The third kappa shape index (κ3) is 4.78. The van der Waals surface area contributed by atoms with Crippen molar-refractivity contribution in [3.63, 3.8) is 0 Å². The number of amides is 1. The highest BCUT2D eigenvalue weighted by molar-refractivity contribution is 5.80. The molecule has 1 atom stereocenters. The Labute approximate surface area is 212 Å². The van der Waals surface area contributed by atoms with Crippen LogP contribution in [0.4, 0.5) is 14.9 Å². The molecule has 0 saturated carbocycles. The first-order chi connectivity index (χ1) is 17.4. The number of nitrogens with zero attached hydrogens (tertiary/aromatic N) is 5. The molecule has 4 heterocycles. The quantitative estimate of drug-likeness (QED) is 0.504. The summed E-state index contributed by atoms with van der Waals surface area (Å²) >= 11 is 0. The van der Waals surface area contributed by atoms with E-state index in [4.69, 9.17) is 4.74 Å². The van der Waals surface area contributed by atoms with Crippen molar-refractivity contribution in [2.75, 3.05) is 50.8 Å². The summed E-state index contributed by atoms with van der Waals surface area (Å²) < 4.78 is 22.9. The summed E-state index contributed by atoms with van der Waals surface area (Å²) in [5, 5.41) is 4.52. The molecule has 7 nitrogen and oxygen atoms in total. The molecule has 1 aromatic carbocycles. The van der Waals surface area contributed by atoms with E-state index in [1.807, 2.05) is 54.2 Å². The minimum Gasteiger partial charge on any atom is -0.450 e. The van der Waals surface area contributed by atoms with Crippen LogP contribution in [-0.2, 0) is 10.4 Å². The van der Waals surface area contributed by atoms with Crippen molar-refractivity contribution in [1.29, 1.82) is 0 Å². The van der Waals surface area contributed by atoms with Crippen LogP contribution in [0.15, 0.2) is 48.8 Å². The molecule has 36 heavy (non-hydrogen) atoms. The summed E-state index contributed by atoms with van der Waals surface area (Å²) in [5.74, 6) is 0. The van der Waals surface area contributed by atoms with Gasteiger partial charge in [-0.2, -0.15) is 5.10 Å². The molecule has 5 rings (SSSR count). The lowest BCUT2D eigenvalue weighted by Gasteiger charge is -2.39. The third-order valence-electron chi connectivity index (χ3n) is 7.57. The number of carbonyl (C=O) groups excluding carboxylic acids is 1. The van der Waals surface area contributed by atoms with Gasteiger partial charge < -0.3 is 14.5 Å². The number of fused-ring (bicyclic) bond motifs is 1. The Morgan fingerprint density at radius 1 is 1.08 bits per heavy atom. The zero-order chi connectivity index (χ0) is 25.3. The first-order valence-electron chi connectivity index (χ1n) is 13.1. The molecular weight excluding hydrogens is 457 g/mol. The molecule has 2 fully saturated rings. The van der Waals surface area contributed by atoms with E-state index < -0.39 is 5.67 Å². The molecule has 8 heteroatoms. The first kappa shape index (κ1) is 24.6. The SMILES string of the molecule is CCOC(=O)N1CCN(c2ccnn3cc(-c4ccc([C@]5(F)CCCN(C(C)C)C5)cc4)cc23)CC1. The normalized spacial score (nSPS) is 21.4. The van der Waals surface area contributed by atoms with E-state index in [2.05, 4.69) is 34.8 Å². The Morgan fingerprint density at radius 3 is 2.53 bits per heavy atom. The van der Waals surface area contributed by atoms with Gasteiger partial charge in [0.1, 0.15) is 5.67 Å². The fourth-order valence-corrected chi connectivity index (χ4v) is 5.45. The molecule has 0 unspecified atom stereocenters. The van der Waals surface area contributed by atoms with Gasteiger partial charge in [0.2, 0.25) is 0 Å². The molecule has 2 aliphatic rings. The van der Waals surface area contributed by atoms with Crippen molar-refractivity contribution in [3.05, 3.63) is 54.4 Å². The van der Waals surface area contributed by atoms with Gasteiger partial charge in [-0.25, -0.2) is 13.7 Å². The Bertz CT molecular complexity index is 1200. The maximum atomic E-state index is 15.9. The van der Waals surface area contributed by atoms with Gasteiger partial charge in [0, 0.05) is 56.7 Å². The standard InChI is InChI=1S/C28H36FN5O2/c1-4-36-27(35)32-16-14-31(15-17-32)25-10-12-30-34-19-23(18-26(25)34)22-6-8-24(9-7-22)28(29)11-5-13-33(20-28)21(2)3/h6-10,12,18-19,21H,4-5,11,13-17,20H2,1-3H3/t28-/m0/s1. The summed E-state index contributed by atoms with van der Waals surface area (Å²) in [4.78, 5) is 18.3. The maximum absolute atomic E-state index is 15.9.